The van der Waals surface area contributed by atoms with Gasteiger partial charge in [0.1, 0.15) is 0 Å². The maximum atomic E-state index is 4.09. The Kier molecular flexibility index (Phi) is 3.01. The molecule has 1 heterocycles. The second-order valence-corrected chi connectivity index (χ2v) is 2.64. The van der Waals surface area contributed by atoms with Crippen molar-refractivity contribution in [2.75, 3.05) is 26.8 Å². The molecule has 9 heavy (non-hydrogen) atoms. The Labute approximate surface area is 57.2 Å². The fourth-order valence-electron chi connectivity index (χ4n) is 1.30. The lowest BCUT2D eigenvalue weighted by Gasteiger charge is -2.24. The van der Waals surface area contributed by atoms with Gasteiger partial charge in [0.25, 0.3) is 0 Å². The molecule has 0 aliphatic carbocycles. The molecular formula is C7H15N2. The van der Waals surface area contributed by atoms with Gasteiger partial charge in [-0.15, -0.1) is 0 Å². The van der Waals surface area contributed by atoms with Gasteiger partial charge in [-0.3, -0.25) is 4.90 Å². The van der Waals surface area contributed by atoms with Crippen LogP contribution in [-0.2, 0) is 0 Å². The van der Waals surface area contributed by atoms with Crippen LogP contribution in [0.5, 0.6) is 0 Å². The van der Waals surface area contributed by atoms with Crippen LogP contribution in [0.4, 0.5) is 0 Å². The fourth-order valence-corrected chi connectivity index (χ4v) is 1.30. The zero-order chi connectivity index (χ0) is 6.53. The Balaban J connectivity index is 2.08. The minimum atomic E-state index is 0.944. The van der Waals surface area contributed by atoms with Crippen molar-refractivity contribution in [1.29, 1.82) is 0 Å². The van der Waals surface area contributed by atoms with Gasteiger partial charge in [-0.05, 0) is 25.9 Å². The number of hydrogen-bond donors (Lipinski definition) is 0. The van der Waals surface area contributed by atoms with Gasteiger partial charge in [0.15, 0.2) is 0 Å². The molecule has 1 aliphatic rings. The van der Waals surface area contributed by atoms with Crippen LogP contribution in [0.2, 0.25) is 0 Å². The van der Waals surface area contributed by atoms with E-state index in [2.05, 4.69) is 10.2 Å². The predicted molar refractivity (Wildman–Crippen MR) is 38.3 cm³/mol. The molecular weight excluding hydrogens is 112 g/mol. The maximum Gasteiger partial charge on any atom is 0.0645 e. The molecule has 0 atom stereocenters. The van der Waals surface area contributed by atoms with E-state index in [1.807, 2.05) is 7.05 Å². The average molecular weight is 127 g/mol. The van der Waals surface area contributed by atoms with Crippen LogP contribution < -0.4 is 5.32 Å². The lowest BCUT2D eigenvalue weighted by molar-refractivity contribution is 0.216. The highest BCUT2D eigenvalue weighted by molar-refractivity contribution is 4.61. The van der Waals surface area contributed by atoms with Gasteiger partial charge in [-0.2, -0.15) is 0 Å². The summed E-state index contributed by atoms with van der Waals surface area (Å²) in [5, 5.41) is 4.09. The van der Waals surface area contributed by atoms with Crippen molar-refractivity contribution in [1.82, 2.24) is 10.2 Å². The predicted octanol–water partition coefficient (Wildman–Crippen LogP) is 0.664. The number of likely N-dealkylation sites (tertiary alicyclic amines) is 1. The van der Waals surface area contributed by atoms with E-state index < -0.39 is 0 Å². The van der Waals surface area contributed by atoms with Gasteiger partial charge in [0.2, 0.25) is 0 Å². The summed E-state index contributed by atoms with van der Waals surface area (Å²) < 4.78 is 0. The molecule has 1 aliphatic heterocycles. The molecule has 0 amide bonds. The van der Waals surface area contributed by atoms with Crippen molar-refractivity contribution in [3.8, 4) is 0 Å². The summed E-state index contributed by atoms with van der Waals surface area (Å²) in [5.74, 6) is 0. The maximum absolute atomic E-state index is 4.09. The summed E-state index contributed by atoms with van der Waals surface area (Å²) in [6.07, 6.45) is 4.16. The standard InChI is InChI=1S/C7H15N2/c1-8-7-9-5-3-2-4-6-9/h2-7H2,1H3. The molecule has 2 heteroatoms. The van der Waals surface area contributed by atoms with Crippen molar-refractivity contribution >= 4 is 0 Å². The monoisotopic (exact) mass is 127 g/mol. The fraction of sp³-hybridized carbons (Fsp3) is 1.00. The molecule has 1 saturated heterocycles. The lowest BCUT2D eigenvalue weighted by Crippen LogP contribution is -2.33. The van der Waals surface area contributed by atoms with Crippen LogP contribution in [0.15, 0.2) is 0 Å². The van der Waals surface area contributed by atoms with Gasteiger partial charge in [-0.1, -0.05) is 6.42 Å². The van der Waals surface area contributed by atoms with E-state index >= 15 is 0 Å². The number of hydrogen-bond acceptors (Lipinski definition) is 1. The molecule has 0 unspecified atom stereocenters. The van der Waals surface area contributed by atoms with Gasteiger partial charge < -0.3 is 0 Å². The summed E-state index contributed by atoms with van der Waals surface area (Å²) >= 11 is 0. The van der Waals surface area contributed by atoms with Crippen molar-refractivity contribution in [2.24, 2.45) is 0 Å². The van der Waals surface area contributed by atoms with E-state index in [1.54, 1.807) is 0 Å². The number of nitrogens with zero attached hydrogens (tertiary/aromatic N) is 2. The van der Waals surface area contributed by atoms with Crippen molar-refractivity contribution < 1.29 is 0 Å². The van der Waals surface area contributed by atoms with Crippen molar-refractivity contribution in [3.05, 3.63) is 0 Å². The van der Waals surface area contributed by atoms with E-state index in [1.165, 1.54) is 32.4 Å². The van der Waals surface area contributed by atoms with Gasteiger partial charge in [0, 0.05) is 7.05 Å². The Bertz CT molecular complexity index is 64.6. The largest absolute Gasteiger partial charge is 0.289 e. The molecule has 53 valence electrons. The molecule has 0 aromatic rings. The first-order chi connectivity index (χ1) is 4.43. The second kappa shape index (κ2) is 3.85. The third-order valence-corrected chi connectivity index (χ3v) is 1.79. The summed E-state index contributed by atoms with van der Waals surface area (Å²) in [4.78, 5) is 2.41. The van der Waals surface area contributed by atoms with Gasteiger partial charge in [-0.25, -0.2) is 5.32 Å². The Morgan fingerprint density at radius 1 is 1.22 bits per heavy atom. The van der Waals surface area contributed by atoms with E-state index in [9.17, 15) is 0 Å². The molecule has 1 fully saturated rings. The van der Waals surface area contributed by atoms with E-state index in [-0.39, 0.29) is 0 Å². The number of rotatable bonds is 2. The van der Waals surface area contributed by atoms with Gasteiger partial charge >= 0.3 is 0 Å². The summed E-state index contributed by atoms with van der Waals surface area (Å²) in [7, 11) is 1.88. The number of piperidine rings is 1. The minimum Gasteiger partial charge on any atom is -0.289 e. The topological polar surface area (TPSA) is 17.3 Å². The van der Waals surface area contributed by atoms with E-state index in [0.29, 0.717) is 0 Å². The van der Waals surface area contributed by atoms with Crippen LogP contribution in [0.25, 0.3) is 0 Å². The smallest absolute Gasteiger partial charge is 0.0645 e. The molecule has 0 bridgehead atoms. The first-order valence-corrected chi connectivity index (χ1v) is 3.71. The quantitative estimate of drug-likeness (QED) is 0.533. The van der Waals surface area contributed by atoms with Gasteiger partial charge in [0.05, 0.1) is 6.67 Å². The third kappa shape index (κ3) is 2.33. The zero-order valence-electron chi connectivity index (χ0n) is 6.14. The van der Waals surface area contributed by atoms with Crippen LogP contribution in [0.3, 0.4) is 0 Å². The molecule has 1 radical (unpaired) electrons. The average Bonchev–Trinajstić information content (AvgIpc) is 1.91. The SMILES string of the molecule is C[N]CN1CCCCC1. The Hall–Kier alpha value is -0.0800. The minimum absolute atomic E-state index is 0.944. The first-order valence-electron chi connectivity index (χ1n) is 3.71. The highest BCUT2D eigenvalue weighted by Crippen LogP contribution is 2.06. The first kappa shape index (κ1) is 7.03. The molecule has 2 nitrogen and oxygen atoms in total. The van der Waals surface area contributed by atoms with Crippen LogP contribution in [-0.4, -0.2) is 31.7 Å². The second-order valence-electron chi connectivity index (χ2n) is 2.64. The molecule has 0 aromatic heterocycles. The van der Waals surface area contributed by atoms with E-state index in [4.69, 9.17) is 0 Å². The molecule has 0 aromatic carbocycles. The molecule has 1 rings (SSSR count). The van der Waals surface area contributed by atoms with Crippen molar-refractivity contribution in [2.45, 2.75) is 19.3 Å². The summed E-state index contributed by atoms with van der Waals surface area (Å²) in [6.45, 7) is 3.47. The van der Waals surface area contributed by atoms with Crippen LogP contribution >= 0.6 is 0 Å². The van der Waals surface area contributed by atoms with Crippen LogP contribution in [0, 0.1) is 0 Å². The Morgan fingerprint density at radius 2 is 1.89 bits per heavy atom. The normalized spacial score (nSPS) is 22.3. The van der Waals surface area contributed by atoms with Crippen molar-refractivity contribution in [3.63, 3.8) is 0 Å². The highest BCUT2D eigenvalue weighted by Gasteiger charge is 2.07. The summed E-state index contributed by atoms with van der Waals surface area (Å²) in [5.41, 5.74) is 0. The highest BCUT2D eigenvalue weighted by atomic mass is 15.2. The molecule has 0 saturated carbocycles. The third-order valence-electron chi connectivity index (χ3n) is 1.79. The summed E-state index contributed by atoms with van der Waals surface area (Å²) in [6, 6.07) is 0. The molecule has 0 N–H and O–H groups in total. The van der Waals surface area contributed by atoms with Crippen LogP contribution in [0.1, 0.15) is 19.3 Å². The molecule has 0 spiro atoms. The Morgan fingerprint density at radius 3 is 2.44 bits per heavy atom. The zero-order valence-corrected chi connectivity index (χ0v) is 6.14. The van der Waals surface area contributed by atoms with E-state index in [0.717, 1.165) is 6.67 Å². The lowest BCUT2D eigenvalue weighted by atomic mass is 10.1.